The monoisotopic (exact) mass is 294 g/mol. The highest BCUT2D eigenvalue weighted by Gasteiger charge is 2.17. The van der Waals surface area contributed by atoms with E-state index >= 15 is 0 Å². The number of carboxylic acids is 1. The first-order valence-electron chi connectivity index (χ1n) is 6.44. The molecule has 0 unspecified atom stereocenters. The zero-order valence-electron chi connectivity index (χ0n) is 11.3. The van der Waals surface area contributed by atoms with E-state index in [0.717, 1.165) is 0 Å². The second-order valence-electron chi connectivity index (χ2n) is 4.67. The highest BCUT2D eigenvalue weighted by atomic mass is 16.6. The number of carboxylic acid groups (broad SMARTS) is 1. The van der Waals surface area contributed by atoms with Crippen LogP contribution in [0.25, 0.3) is 22.0 Å². The van der Waals surface area contributed by atoms with E-state index in [2.05, 4.69) is 4.98 Å². The van der Waals surface area contributed by atoms with Gasteiger partial charge in [0.15, 0.2) is 0 Å². The molecular formula is C16H10N2O4. The van der Waals surface area contributed by atoms with Crippen LogP contribution in [0, 0.1) is 10.1 Å². The lowest BCUT2D eigenvalue weighted by Crippen LogP contribution is -2.02. The van der Waals surface area contributed by atoms with Crippen LogP contribution in [-0.2, 0) is 0 Å². The molecular weight excluding hydrogens is 284 g/mol. The van der Waals surface area contributed by atoms with Crippen LogP contribution in [0.15, 0.2) is 54.7 Å². The van der Waals surface area contributed by atoms with Gasteiger partial charge in [0, 0.05) is 29.3 Å². The first kappa shape index (κ1) is 13.7. The van der Waals surface area contributed by atoms with E-state index in [1.54, 1.807) is 24.3 Å². The van der Waals surface area contributed by atoms with Gasteiger partial charge in [0.25, 0.3) is 5.69 Å². The Kier molecular flexibility index (Phi) is 3.27. The Morgan fingerprint density at radius 3 is 2.41 bits per heavy atom. The number of non-ortho nitro benzene ring substituents is 1. The topological polar surface area (TPSA) is 93.3 Å². The maximum absolute atomic E-state index is 11.6. The molecule has 0 bridgehead atoms. The average molecular weight is 294 g/mol. The van der Waals surface area contributed by atoms with Crippen molar-refractivity contribution in [3.05, 3.63) is 70.4 Å². The minimum atomic E-state index is -1.06. The number of nitrogens with zero attached hydrogens (tertiary/aromatic N) is 2. The van der Waals surface area contributed by atoms with Gasteiger partial charge in [-0.2, -0.15) is 0 Å². The summed E-state index contributed by atoms with van der Waals surface area (Å²) < 4.78 is 0. The van der Waals surface area contributed by atoms with Gasteiger partial charge in [-0.25, -0.2) is 4.79 Å². The Bertz CT molecular complexity index is 888. The number of hydrogen-bond donors (Lipinski definition) is 1. The molecule has 6 nitrogen and oxygen atoms in total. The zero-order chi connectivity index (χ0) is 15.7. The number of aromatic nitrogens is 1. The Hall–Kier alpha value is -3.28. The van der Waals surface area contributed by atoms with Crippen LogP contribution in [0.5, 0.6) is 0 Å². The molecule has 2 aromatic carbocycles. The number of aromatic carboxylic acids is 1. The number of pyridine rings is 1. The fraction of sp³-hybridized carbons (Fsp3) is 0. The van der Waals surface area contributed by atoms with Crippen molar-refractivity contribution in [2.24, 2.45) is 0 Å². The summed E-state index contributed by atoms with van der Waals surface area (Å²) in [7, 11) is 0. The van der Waals surface area contributed by atoms with Crippen molar-refractivity contribution in [3.8, 4) is 11.1 Å². The Morgan fingerprint density at radius 1 is 1.09 bits per heavy atom. The quantitative estimate of drug-likeness (QED) is 0.589. The van der Waals surface area contributed by atoms with Crippen molar-refractivity contribution in [2.75, 3.05) is 0 Å². The molecule has 0 saturated heterocycles. The minimum Gasteiger partial charge on any atom is -0.478 e. The smallest absolute Gasteiger partial charge is 0.337 e. The van der Waals surface area contributed by atoms with E-state index in [-0.39, 0.29) is 11.3 Å². The van der Waals surface area contributed by atoms with Crippen molar-refractivity contribution in [1.29, 1.82) is 0 Å². The van der Waals surface area contributed by atoms with Crippen LogP contribution in [0.1, 0.15) is 10.4 Å². The van der Waals surface area contributed by atoms with Crippen LogP contribution < -0.4 is 0 Å². The Morgan fingerprint density at radius 2 is 1.77 bits per heavy atom. The fourth-order valence-electron chi connectivity index (χ4n) is 2.35. The highest BCUT2D eigenvalue weighted by Crippen LogP contribution is 2.30. The predicted octanol–water partition coefficient (Wildman–Crippen LogP) is 3.51. The van der Waals surface area contributed by atoms with Gasteiger partial charge in [-0.1, -0.05) is 18.2 Å². The van der Waals surface area contributed by atoms with Gasteiger partial charge in [0.2, 0.25) is 0 Å². The second kappa shape index (κ2) is 5.25. The number of carbonyl (C=O) groups is 1. The third kappa shape index (κ3) is 2.26. The lowest BCUT2D eigenvalue weighted by molar-refractivity contribution is -0.384. The number of para-hydroxylation sites is 1. The van der Waals surface area contributed by atoms with E-state index in [9.17, 15) is 20.0 Å². The van der Waals surface area contributed by atoms with Gasteiger partial charge in [-0.3, -0.25) is 15.1 Å². The summed E-state index contributed by atoms with van der Waals surface area (Å²) in [5.74, 6) is -1.06. The maximum Gasteiger partial charge on any atom is 0.337 e. The summed E-state index contributed by atoms with van der Waals surface area (Å²) >= 11 is 0. The lowest BCUT2D eigenvalue weighted by Gasteiger charge is -2.09. The van der Waals surface area contributed by atoms with Gasteiger partial charge >= 0.3 is 5.97 Å². The molecule has 108 valence electrons. The molecule has 0 radical (unpaired) electrons. The van der Waals surface area contributed by atoms with Gasteiger partial charge in [0.1, 0.15) is 0 Å². The van der Waals surface area contributed by atoms with E-state index < -0.39 is 10.9 Å². The normalized spacial score (nSPS) is 10.5. The van der Waals surface area contributed by atoms with Crippen molar-refractivity contribution < 1.29 is 14.8 Å². The molecule has 0 amide bonds. The standard InChI is InChI=1S/C16H10N2O4/c19-16(20)15-12-3-1-2-4-14(12)17-9-13(15)10-5-7-11(8-6-10)18(21)22/h1-9H,(H,19,20). The predicted molar refractivity (Wildman–Crippen MR) is 80.8 cm³/mol. The first-order chi connectivity index (χ1) is 10.6. The summed E-state index contributed by atoms with van der Waals surface area (Å²) in [5.41, 5.74) is 1.68. The van der Waals surface area contributed by atoms with Gasteiger partial charge in [0.05, 0.1) is 16.0 Å². The van der Waals surface area contributed by atoms with E-state index in [1.807, 2.05) is 0 Å². The number of rotatable bonds is 3. The molecule has 1 heterocycles. The molecule has 3 aromatic rings. The summed E-state index contributed by atoms with van der Waals surface area (Å²) in [6.07, 6.45) is 1.48. The summed E-state index contributed by atoms with van der Waals surface area (Å²) in [4.78, 5) is 26.1. The highest BCUT2D eigenvalue weighted by molar-refractivity contribution is 6.08. The van der Waals surface area contributed by atoms with Gasteiger partial charge in [-0.05, 0) is 23.8 Å². The molecule has 6 heteroatoms. The van der Waals surface area contributed by atoms with Crippen LogP contribution in [-0.4, -0.2) is 21.0 Å². The van der Waals surface area contributed by atoms with Crippen LogP contribution in [0.2, 0.25) is 0 Å². The Balaban J connectivity index is 2.24. The number of benzene rings is 2. The summed E-state index contributed by atoms with van der Waals surface area (Å²) in [5, 5.41) is 20.8. The molecule has 3 rings (SSSR count). The van der Waals surface area contributed by atoms with Crippen molar-refractivity contribution >= 4 is 22.6 Å². The van der Waals surface area contributed by atoms with Crippen molar-refractivity contribution in [3.63, 3.8) is 0 Å². The number of nitro benzene ring substituents is 1. The second-order valence-corrected chi connectivity index (χ2v) is 4.67. The van der Waals surface area contributed by atoms with E-state index in [4.69, 9.17) is 0 Å². The lowest BCUT2D eigenvalue weighted by atomic mass is 9.98. The molecule has 0 aliphatic heterocycles. The molecule has 0 saturated carbocycles. The number of hydrogen-bond acceptors (Lipinski definition) is 4. The molecule has 22 heavy (non-hydrogen) atoms. The Labute approximate surface area is 124 Å². The van der Waals surface area contributed by atoms with Gasteiger partial charge in [-0.15, -0.1) is 0 Å². The SMILES string of the molecule is O=C(O)c1c(-c2ccc([N+](=O)[O-])cc2)cnc2ccccc12. The van der Waals surface area contributed by atoms with Crippen molar-refractivity contribution in [1.82, 2.24) is 4.98 Å². The van der Waals surface area contributed by atoms with Crippen molar-refractivity contribution in [2.45, 2.75) is 0 Å². The molecule has 0 aliphatic rings. The third-order valence-corrected chi connectivity index (χ3v) is 3.38. The first-order valence-corrected chi connectivity index (χ1v) is 6.44. The summed E-state index contributed by atoms with van der Waals surface area (Å²) in [6, 6.07) is 12.7. The molecule has 1 aromatic heterocycles. The molecule has 0 fully saturated rings. The maximum atomic E-state index is 11.6. The minimum absolute atomic E-state index is 0.0469. The van der Waals surface area contributed by atoms with Crippen LogP contribution >= 0.6 is 0 Å². The summed E-state index contributed by atoms with van der Waals surface area (Å²) in [6.45, 7) is 0. The fourth-order valence-corrected chi connectivity index (χ4v) is 2.35. The van der Waals surface area contributed by atoms with Crippen LogP contribution in [0.3, 0.4) is 0 Å². The number of nitro groups is 1. The van der Waals surface area contributed by atoms with E-state index in [0.29, 0.717) is 22.0 Å². The largest absolute Gasteiger partial charge is 0.478 e. The third-order valence-electron chi connectivity index (χ3n) is 3.38. The molecule has 0 atom stereocenters. The molecule has 0 spiro atoms. The average Bonchev–Trinajstić information content (AvgIpc) is 2.53. The number of fused-ring (bicyclic) bond motifs is 1. The van der Waals surface area contributed by atoms with Crippen LogP contribution in [0.4, 0.5) is 5.69 Å². The molecule has 1 N–H and O–H groups in total. The molecule has 0 aliphatic carbocycles. The zero-order valence-corrected chi connectivity index (χ0v) is 11.3. The van der Waals surface area contributed by atoms with E-state index in [1.165, 1.54) is 30.5 Å². The van der Waals surface area contributed by atoms with Gasteiger partial charge < -0.3 is 5.11 Å².